The molecule has 0 spiro atoms. The molecule has 0 saturated heterocycles. The first-order chi connectivity index (χ1) is 15.5. The lowest BCUT2D eigenvalue weighted by Crippen LogP contribution is -2.62. The molecule has 176 valence electrons. The molecule has 0 heterocycles. The minimum absolute atomic E-state index is 0.0234. The van der Waals surface area contributed by atoms with Gasteiger partial charge < -0.3 is 31.7 Å². The number of phenols is 1. The SMILES string of the molecule is CCc1cc(CN)c(O)c2c1C[C@H]1C[C@H]3[C@H](N(C)C)C=C(C(N)=O)C(=O)[C@@]3(O)C(O)=C1C2=O. The van der Waals surface area contributed by atoms with Gasteiger partial charge in [0.2, 0.25) is 5.78 Å². The maximum atomic E-state index is 13.6. The minimum Gasteiger partial charge on any atom is -0.508 e. The number of likely N-dealkylation sites (N-methyl/N-ethyl adjacent to an activating group) is 1. The standard InChI is InChI=1S/C24H29N3O6/c1-4-10-5-12(9-25)19(28)18-13(10)6-11-7-15-16(27(2)3)8-14(23(26)32)21(30)24(15,33)22(31)17(11)20(18)29/h5,8,11,15-16,28,31,33H,4,6-7,9,25H2,1-3H3,(H2,26,32)/t11-,15-,16+,24+/m0/s1. The molecule has 0 saturated carbocycles. The number of aromatic hydroxyl groups is 1. The first-order valence-corrected chi connectivity index (χ1v) is 11.0. The second-order valence-corrected chi connectivity index (χ2v) is 9.28. The molecule has 4 atom stereocenters. The van der Waals surface area contributed by atoms with Crippen LogP contribution in [0.3, 0.4) is 0 Å². The van der Waals surface area contributed by atoms with Crippen LogP contribution in [0.4, 0.5) is 0 Å². The number of nitrogens with zero attached hydrogens (tertiary/aromatic N) is 1. The Kier molecular flexibility index (Phi) is 5.47. The molecule has 1 aromatic rings. The van der Waals surface area contributed by atoms with Crippen molar-refractivity contribution in [3.8, 4) is 5.75 Å². The number of nitrogens with two attached hydrogens (primary N) is 2. The zero-order chi connectivity index (χ0) is 24.4. The third kappa shape index (κ3) is 3.07. The van der Waals surface area contributed by atoms with Gasteiger partial charge in [-0.25, -0.2) is 0 Å². The van der Waals surface area contributed by atoms with Crippen LogP contribution in [0.25, 0.3) is 0 Å². The van der Waals surface area contributed by atoms with Crippen LogP contribution in [0.15, 0.2) is 29.0 Å². The van der Waals surface area contributed by atoms with E-state index in [4.69, 9.17) is 11.5 Å². The van der Waals surface area contributed by atoms with Gasteiger partial charge in [-0.3, -0.25) is 14.4 Å². The summed E-state index contributed by atoms with van der Waals surface area (Å²) in [6.45, 7) is 1.97. The third-order valence-electron chi connectivity index (χ3n) is 7.40. The van der Waals surface area contributed by atoms with Crippen molar-refractivity contribution in [1.82, 2.24) is 4.90 Å². The van der Waals surface area contributed by atoms with Crippen LogP contribution in [0.5, 0.6) is 5.75 Å². The molecule has 0 unspecified atom stereocenters. The average molecular weight is 456 g/mol. The van der Waals surface area contributed by atoms with E-state index >= 15 is 0 Å². The number of hydrogen-bond donors (Lipinski definition) is 5. The van der Waals surface area contributed by atoms with Gasteiger partial charge in [0.05, 0.1) is 11.1 Å². The maximum Gasteiger partial charge on any atom is 0.252 e. The summed E-state index contributed by atoms with van der Waals surface area (Å²) < 4.78 is 0. The van der Waals surface area contributed by atoms with Crippen LogP contribution in [-0.4, -0.2) is 63.4 Å². The third-order valence-corrected chi connectivity index (χ3v) is 7.40. The fourth-order valence-corrected chi connectivity index (χ4v) is 5.74. The van der Waals surface area contributed by atoms with Crippen molar-refractivity contribution >= 4 is 17.5 Å². The van der Waals surface area contributed by atoms with Gasteiger partial charge in [-0.1, -0.05) is 19.1 Å². The number of amides is 1. The molecular weight excluding hydrogens is 426 g/mol. The highest BCUT2D eigenvalue weighted by molar-refractivity contribution is 6.24. The molecule has 3 aliphatic rings. The molecule has 0 bridgehead atoms. The van der Waals surface area contributed by atoms with Crippen molar-refractivity contribution in [1.29, 1.82) is 0 Å². The van der Waals surface area contributed by atoms with Crippen LogP contribution >= 0.6 is 0 Å². The first-order valence-electron chi connectivity index (χ1n) is 11.0. The molecule has 7 N–H and O–H groups in total. The predicted octanol–water partition coefficient (Wildman–Crippen LogP) is 0.256. The van der Waals surface area contributed by atoms with Crippen LogP contribution in [-0.2, 0) is 29.0 Å². The Morgan fingerprint density at radius 2 is 1.91 bits per heavy atom. The van der Waals surface area contributed by atoms with Gasteiger partial charge >= 0.3 is 0 Å². The van der Waals surface area contributed by atoms with Gasteiger partial charge in [-0.05, 0) is 50.4 Å². The molecule has 0 fully saturated rings. The highest BCUT2D eigenvalue weighted by atomic mass is 16.3. The molecule has 9 heteroatoms. The van der Waals surface area contributed by atoms with Crippen molar-refractivity contribution in [3.63, 3.8) is 0 Å². The largest absolute Gasteiger partial charge is 0.508 e. The van der Waals surface area contributed by atoms with E-state index in [1.807, 2.05) is 6.92 Å². The highest BCUT2D eigenvalue weighted by Gasteiger charge is 2.61. The van der Waals surface area contributed by atoms with Gasteiger partial charge in [0.25, 0.3) is 5.91 Å². The lowest BCUT2D eigenvalue weighted by Gasteiger charge is -2.49. The normalized spacial score (nSPS) is 28.9. The summed E-state index contributed by atoms with van der Waals surface area (Å²) in [6, 6.07) is 1.22. The summed E-state index contributed by atoms with van der Waals surface area (Å²) in [5, 5.41) is 33.6. The maximum absolute atomic E-state index is 13.6. The number of primary amides is 1. The molecule has 0 aliphatic heterocycles. The van der Waals surface area contributed by atoms with Crippen LogP contribution in [0.2, 0.25) is 0 Å². The van der Waals surface area contributed by atoms with Crippen molar-refractivity contribution in [2.75, 3.05) is 14.1 Å². The van der Waals surface area contributed by atoms with Crippen molar-refractivity contribution in [2.24, 2.45) is 23.3 Å². The lowest BCUT2D eigenvalue weighted by molar-refractivity contribution is -0.146. The zero-order valence-electron chi connectivity index (χ0n) is 18.9. The molecule has 33 heavy (non-hydrogen) atoms. The minimum atomic E-state index is -2.47. The van der Waals surface area contributed by atoms with Gasteiger partial charge in [-0.15, -0.1) is 0 Å². The monoisotopic (exact) mass is 455 g/mol. The number of hydrogen-bond acceptors (Lipinski definition) is 8. The topological polar surface area (TPSA) is 167 Å². The fraction of sp³-hybridized carbons (Fsp3) is 0.458. The van der Waals surface area contributed by atoms with Crippen LogP contribution < -0.4 is 11.5 Å². The van der Waals surface area contributed by atoms with E-state index in [-0.39, 0.29) is 29.9 Å². The first kappa shape index (κ1) is 23.2. The van der Waals surface area contributed by atoms with Gasteiger partial charge in [0.1, 0.15) is 11.5 Å². The quantitative estimate of drug-likeness (QED) is 0.403. The zero-order valence-corrected chi connectivity index (χ0v) is 18.9. The van der Waals surface area contributed by atoms with E-state index in [2.05, 4.69) is 0 Å². The van der Waals surface area contributed by atoms with Gasteiger partial charge in [0, 0.05) is 29.6 Å². The smallest absolute Gasteiger partial charge is 0.252 e. The average Bonchev–Trinajstić information content (AvgIpc) is 2.75. The molecule has 3 aliphatic carbocycles. The summed E-state index contributed by atoms with van der Waals surface area (Å²) >= 11 is 0. The summed E-state index contributed by atoms with van der Waals surface area (Å²) in [6.07, 6.45) is 2.63. The van der Waals surface area contributed by atoms with Crippen molar-refractivity contribution in [2.45, 2.75) is 44.4 Å². The van der Waals surface area contributed by atoms with E-state index in [9.17, 15) is 29.7 Å². The summed E-state index contributed by atoms with van der Waals surface area (Å²) in [5.74, 6) is -4.96. The lowest BCUT2D eigenvalue weighted by atomic mass is 9.58. The number of rotatable bonds is 4. The molecule has 9 nitrogen and oxygen atoms in total. The Morgan fingerprint density at radius 3 is 2.45 bits per heavy atom. The Balaban J connectivity index is 1.96. The van der Waals surface area contributed by atoms with E-state index in [1.54, 1.807) is 25.1 Å². The number of aliphatic hydroxyl groups is 2. The second kappa shape index (κ2) is 7.79. The fourth-order valence-electron chi connectivity index (χ4n) is 5.74. The van der Waals surface area contributed by atoms with E-state index < -0.39 is 52.3 Å². The Morgan fingerprint density at radius 1 is 1.24 bits per heavy atom. The van der Waals surface area contributed by atoms with Crippen molar-refractivity contribution in [3.05, 3.63) is 51.3 Å². The van der Waals surface area contributed by atoms with Crippen molar-refractivity contribution < 1.29 is 29.7 Å². The van der Waals surface area contributed by atoms with Gasteiger partial charge in [0.15, 0.2) is 11.4 Å². The predicted molar refractivity (Wildman–Crippen MR) is 119 cm³/mol. The number of ketones is 2. The number of carbonyl (C=O) groups is 3. The van der Waals surface area contributed by atoms with Crippen LogP contribution in [0.1, 0.15) is 40.4 Å². The number of benzene rings is 1. The number of Topliss-reactive ketones (excluding diaryl/α,β-unsaturated/α-hetero) is 2. The molecule has 0 radical (unpaired) electrons. The highest BCUT2D eigenvalue weighted by Crippen LogP contribution is 2.51. The van der Waals surface area contributed by atoms with E-state index in [0.717, 1.165) is 5.56 Å². The molecule has 1 amide bonds. The summed E-state index contributed by atoms with van der Waals surface area (Å²) in [4.78, 5) is 40.5. The molecule has 4 rings (SSSR count). The number of fused-ring (bicyclic) bond motifs is 3. The number of phenolic OH excluding ortho intramolecular Hbond substituents is 1. The summed E-state index contributed by atoms with van der Waals surface area (Å²) in [5.41, 5.74) is 10.2. The molecule has 0 aromatic heterocycles. The second-order valence-electron chi connectivity index (χ2n) is 9.28. The van der Waals surface area contributed by atoms with E-state index in [0.29, 0.717) is 24.0 Å². The van der Waals surface area contributed by atoms with Crippen LogP contribution in [0, 0.1) is 11.8 Å². The number of carbonyl (C=O) groups excluding carboxylic acids is 3. The molecule has 1 aromatic carbocycles. The molecular formula is C24H29N3O6. The summed E-state index contributed by atoms with van der Waals surface area (Å²) in [7, 11) is 3.46. The van der Waals surface area contributed by atoms with E-state index in [1.165, 1.54) is 6.08 Å². The number of aliphatic hydroxyl groups excluding tert-OH is 1. The number of aryl methyl sites for hydroxylation is 1. The van der Waals surface area contributed by atoms with Gasteiger partial charge in [-0.2, -0.15) is 0 Å². The Bertz CT molecular complexity index is 1150. The Labute approximate surface area is 191 Å². The number of allylic oxidation sites excluding steroid dienone is 1. The Hall–Kier alpha value is -3.01.